The molecule has 3 aromatic rings. The summed E-state index contributed by atoms with van der Waals surface area (Å²) in [7, 11) is 0.654. The highest BCUT2D eigenvalue weighted by molar-refractivity contribution is 9.12. The van der Waals surface area contributed by atoms with Crippen LogP contribution in [0.15, 0.2) is 63.1 Å². The lowest BCUT2D eigenvalue weighted by Crippen LogP contribution is -2.55. The molecule has 2 fully saturated rings. The van der Waals surface area contributed by atoms with Gasteiger partial charge in [0.1, 0.15) is 29.9 Å². The van der Waals surface area contributed by atoms with E-state index in [2.05, 4.69) is 51.3 Å². The topological polar surface area (TPSA) is 157 Å². The van der Waals surface area contributed by atoms with Crippen LogP contribution >= 0.6 is 23.1 Å². The highest BCUT2D eigenvalue weighted by atomic mass is 79.9. The van der Waals surface area contributed by atoms with Gasteiger partial charge in [0.25, 0.3) is 0 Å². The Labute approximate surface area is 284 Å². The van der Waals surface area contributed by atoms with Gasteiger partial charge in [-0.15, -0.1) is 0 Å². The van der Waals surface area contributed by atoms with E-state index >= 15 is 0 Å². The van der Waals surface area contributed by atoms with E-state index in [1.807, 2.05) is 37.5 Å². The Hall–Kier alpha value is -4.06. The van der Waals surface area contributed by atoms with Crippen molar-refractivity contribution in [2.24, 2.45) is 15.7 Å². The van der Waals surface area contributed by atoms with Crippen molar-refractivity contribution < 1.29 is 9.30 Å². The minimum Gasteiger partial charge on any atom is -0.494 e. The number of hydrogen-bond donors (Lipinski definition) is 4. The number of piperidine rings is 1. The standard InChI is InChI=1S/C33H42BrN10O2P/c1-37-18-22(17-35)24-15-28(30(46-2)16-29(24)44-14-13-43-12-6-5-7-23(43)20-44)40-19-25(34)33(41-21-36)42-27-9-8-26-31(39-11-10-38-26)32(27)47(3,4)45/h8-11,15-19,21,23,35,37,42H,5-7,12-14,20H2,1-4H3,(H2,36,41)/b22-18+,33-25-,35-17?,40-19-. The zero-order chi connectivity index (χ0) is 33.6. The summed E-state index contributed by atoms with van der Waals surface area (Å²) in [5.74, 6) is 0.955. The smallest absolute Gasteiger partial charge is 0.148 e. The SMILES string of the molecule is CN/C=C(\C=N)c1cc(\N=C/C(Br)=C(\N=C\N)Nc2ccc3nccnc3c2P(C)(C)=O)c(OC)cc1N1CCN2CCCCC2C1. The number of nitrogens with zero attached hydrogens (tertiary/aromatic N) is 6. The van der Waals surface area contributed by atoms with Crippen LogP contribution in [0.5, 0.6) is 5.75 Å². The zero-order valence-corrected chi connectivity index (χ0v) is 29.7. The molecule has 248 valence electrons. The minimum absolute atomic E-state index is 0.352. The third-order valence-corrected chi connectivity index (χ3v) is 10.5. The van der Waals surface area contributed by atoms with E-state index in [1.54, 1.807) is 39.0 Å². The van der Waals surface area contributed by atoms with Gasteiger partial charge in [-0.1, -0.05) is 6.42 Å². The normalized spacial score (nSPS) is 18.4. The predicted molar refractivity (Wildman–Crippen MR) is 199 cm³/mol. The number of benzene rings is 2. The Bertz CT molecular complexity index is 1800. The fourth-order valence-electron chi connectivity index (χ4n) is 6.25. The van der Waals surface area contributed by atoms with Gasteiger partial charge in [-0.2, -0.15) is 0 Å². The van der Waals surface area contributed by atoms with Crippen LogP contribution in [0.3, 0.4) is 0 Å². The number of nitrogens with one attached hydrogen (secondary N) is 3. The first kappa shape index (κ1) is 34.3. The quantitative estimate of drug-likeness (QED) is 0.120. The van der Waals surface area contributed by atoms with Crippen LogP contribution in [0, 0.1) is 5.41 Å². The molecule has 1 unspecified atom stereocenters. The number of aliphatic imine (C=N–C) groups is 2. The van der Waals surface area contributed by atoms with Crippen molar-refractivity contribution in [3.05, 3.63) is 58.7 Å². The lowest BCUT2D eigenvalue weighted by molar-refractivity contribution is 0.133. The van der Waals surface area contributed by atoms with Gasteiger partial charge in [0.15, 0.2) is 0 Å². The number of hydrogen-bond acceptors (Lipinski definition) is 11. The van der Waals surface area contributed by atoms with Crippen LogP contribution in [0.25, 0.3) is 16.6 Å². The van der Waals surface area contributed by atoms with E-state index in [0.29, 0.717) is 49.8 Å². The van der Waals surface area contributed by atoms with Crippen LogP contribution in [0.1, 0.15) is 24.8 Å². The third kappa shape index (κ3) is 7.75. The summed E-state index contributed by atoms with van der Waals surface area (Å²) in [4.78, 5) is 23.0. The summed E-state index contributed by atoms with van der Waals surface area (Å²) in [6.45, 7) is 7.38. The number of allylic oxidation sites excluding steroid dienone is 2. The molecule has 2 aliphatic rings. The Kier molecular flexibility index (Phi) is 11.1. The largest absolute Gasteiger partial charge is 0.494 e. The fraction of sp³-hybridized carbons (Fsp3) is 0.364. The molecule has 47 heavy (non-hydrogen) atoms. The summed E-state index contributed by atoms with van der Waals surface area (Å²) in [5, 5.41) is 15.1. The first-order valence-electron chi connectivity index (χ1n) is 15.5. The van der Waals surface area contributed by atoms with Crippen LogP contribution < -0.4 is 31.3 Å². The molecule has 0 aliphatic carbocycles. The molecule has 2 aromatic carbocycles. The van der Waals surface area contributed by atoms with Crippen molar-refractivity contribution in [2.45, 2.75) is 25.3 Å². The molecule has 0 saturated carbocycles. The summed E-state index contributed by atoms with van der Waals surface area (Å²) in [5.41, 5.74) is 10.7. The number of aromatic nitrogens is 2. The van der Waals surface area contributed by atoms with Crippen molar-refractivity contribution in [3.8, 4) is 5.75 Å². The Morgan fingerprint density at radius 1 is 1.19 bits per heavy atom. The van der Waals surface area contributed by atoms with Gasteiger partial charge >= 0.3 is 0 Å². The lowest BCUT2D eigenvalue weighted by Gasteiger charge is -2.45. The van der Waals surface area contributed by atoms with E-state index in [9.17, 15) is 4.57 Å². The average Bonchev–Trinajstić information content (AvgIpc) is 3.08. The maximum Gasteiger partial charge on any atom is 0.148 e. The molecule has 1 aromatic heterocycles. The number of nitrogens with two attached hydrogens (primary N) is 1. The van der Waals surface area contributed by atoms with Gasteiger partial charge in [0.05, 0.1) is 34.4 Å². The van der Waals surface area contributed by atoms with Crippen LogP contribution in [0.2, 0.25) is 0 Å². The van der Waals surface area contributed by atoms with Gasteiger partial charge in [-0.25, -0.2) is 4.99 Å². The first-order valence-corrected chi connectivity index (χ1v) is 18.9. The molecular formula is C33H42BrN10O2P. The van der Waals surface area contributed by atoms with Gasteiger partial charge in [0.2, 0.25) is 0 Å². The minimum atomic E-state index is -2.80. The number of ether oxygens (including phenoxy) is 1. The van der Waals surface area contributed by atoms with E-state index in [0.717, 1.165) is 43.0 Å². The average molecular weight is 722 g/mol. The van der Waals surface area contributed by atoms with E-state index in [-0.39, 0.29) is 0 Å². The van der Waals surface area contributed by atoms with Crippen molar-refractivity contribution in [3.63, 3.8) is 0 Å². The molecule has 1 atom stereocenters. The van der Waals surface area contributed by atoms with Crippen molar-refractivity contribution in [1.29, 1.82) is 5.41 Å². The predicted octanol–water partition coefficient (Wildman–Crippen LogP) is 5.14. The molecule has 0 radical (unpaired) electrons. The highest BCUT2D eigenvalue weighted by Crippen LogP contribution is 2.42. The number of methoxy groups -OCH3 is 1. The molecular weight excluding hydrogens is 679 g/mol. The van der Waals surface area contributed by atoms with E-state index in [1.165, 1.54) is 31.8 Å². The summed E-state index contributed by atoms with van der Waals surface area (Å²) >= 11 is 3.62. The summed E-state index contributed by atoms with van der Waals surface area (Å²) < 4.78 is 19.8. The zero-order valence-electron chi connectivity index (χ0n) is 27.2. The van der Waals surface area contributed by atoms with Crippen molar-refractivity contribution in [1.82, 2.24) is 20.2 Å². The molecule has 0 bridgehead atoms. The number of rotatable bonds is 11. The maximum absolute atomic E-state index is 13.4. The van der Waals surface area contributed by atoms with Crippen molar-refractivity contribution >= 4 is 80.8 Å². The first-order chi connectivity index (χ1) is 22.7. The second-order valence-corrected chi connectivity index (χ2v) is 15.8. The molecule has 5 N–H and O–H groups in total. The van der Waals surface area contributed by atoms with Crippen LogP contribution in [0.4, 0.5) is 17.1 Å². The van der Waals surface area contributed by atoms with Crippen LogP contribution in [-0.2, 0) is 4.57 Å². The van der Waals surface area contributed by atoms with Gasteiger partial charge < -0.3 is 36.0 Å². The van der Waals surface area contributed by atoms with Gasteiger partial charge in [0, 0.05) is 86.6 Å². The lowest BCUT2D eigenvalue weighted by atomic mass is 9.97. The second kappa shape index (κ2) is 15.2. The van der Waals surface area contributed by atoms with Crippen LogP contribution in [-0.4, -0.2) is 93.3 Å². The molecule has 5 rings (SSSR count). The third-order valence-electron chi connectivity index (χ3n) is 8.39. The molecule has 14 heteroatoms. The second-order valence-electron chi connectivity index (χ2n) is 11.8. The maximum atomic E-state index is 13.4. The van der Waals surface area contributed by atoms with E-state index in [4.69, 9.17) is 20.9 Å². The molecule has 2 saturated heterocycles. The van der Waals surface area contributed by atoms with Gasteiger partial charge in [-0.05, 0) is 66.8 Å². The summed E-state index contributed by atoms with van der Waals surface area (Å²) in [6.07, 6.45) is 12.9. The monoisotopic (exact) mass is 720 g/mol. The van der Waals surface area contributed by atoms with E-state index < -0.39 is 7.14 Å². The number of piperazine rings is 1. The van der Waals surface area contributed by atoms with Gasteiger partial charge in [-0.3, -0.25) is 19.9 Å². The number of halogens is 1. The highest BCUT2D eigenvalue weighted by Gasteiger charge is 2.31. The molecule has 3 heterocycles. The Balaban J connectivity index is 1.54. The Morgan fingerprint density at radius 2 is 2.00 bits per heavy atom. The molecule has 12 nitrogen and oxygen atoms in total. The molecule has 0 amide bonds. The fourth-order valence-corrected chi connectivity index (χ4v) is 7.95. The Morgan fingerprint density at radius 3 is 2.72 bits per heavy atom. The number of fused-ring (bicyclic) bond motifs is 2. The summed E-state index contributed by atoms with van der Waals surface area (Å²) in [6, 6.07) is 8.12. The molecule has 2 aliphatic heterocycles. The van der Waals surface area contributed by atoms with Crippen molar-refractivity contribution in [2.75, 3.05) is 63.9 Å². The molecule has 0 spiro atoms. The number of anilines is 2.